The molecule has 0 aliphatic heterocycles. The molecule has 0 bridgehead atoms. The van der Waals surface area contributed by atoms with Gasteiger partial charge in [0.2, 0.25) is 0 Å². The van der Waals surface area contributed by atoms with Gasteiger partial charge in [0, 0.05) is 12.1 Å². The van der Waals surface area contributed by atoms with Gasteiger partial charge in [-0.15, -0.1) is 0 Å². The molecule has 0 amide bonds. The predicted octanol–water partition coefficient (Wildman–Crippen LogP) is 3.02. The van der Waals surface area contributed by atoms with Crippen LogP contribution in [0.3, 0.4) is 0 Å². The molecule has 0 saturated heterocycles. The van der Waals surface area contributed by atoms with Gasteiger partial charge in [-0.3, -0.25) is 10.1 Å². The molecule has 0 atom stereocenters. The van der Waals surface area contributed by atoms with Gasteiger partial charge in [-0.1, -0.05) is 6.07 Å². The highest BCUT2D eigenvalue weighted by atomic mass is 19.1. The van der Waals surface area contributed by atoms with Gasteiger partial charge < -0.3 is 9.84 Å². The third-order valence-corrected chi connectivity index (χ3v) is 2.38. The number of nitrogens with zero attached hydrogens (tertiary/aromatic N) is 1. The van der Waals surface area contributed by atoms with E-state index in [0.717, 1.165) is 12.1 Å². The van der Waals surface area contributed by atoms with Crippen molar-refractivity contribution >= 4 is 5.69 Å². The maximum Gasteiger partial charge on any atom is 0.272 e. The summed E-state index contributed by atoms with van der Waals surface area (Å²) in [6, 6.07) is 9.35. The average Bonchev–Trinajstić information content (AvgIpc) is 2.36. The molecule has 0 heterocycles. The second-order valence-corrected chi connectivity index (χ2v) is 3.86. The first-order chi connectivity index (χ1) is 9.04. The van der Waals surface area contributed by atoms with Crippen molar-refractivity contribution in [2.45, 2.75) is 6.61 Å². The molecule has 0 fully saturated rings. The monoisotopic (exact) mass is 263 g/mol. The van der Waals surface area contributed by atoms with E-state index in [2.05, 4.69) is 0 Å². The van der Waals surface area contributed by atoms with Gasteiger partial charge in [0.15, 0.2) is 0 Å². The quantitative estimate of drug-likeness (QED) is 0.679. The largest absolute Gasteiger partial charge is 0.508 e. The minimum Gasteiger partial charge on any atom is -0.508 e. The molecule has 0 aliphatic rings. The SMILES string of the molecule is O=[N+]([O-])c1cc(F)cc(COc2cccc(O)c2)c1. The molecule has 2 aromatic rings. The molecule has 0 aromatic heterocycles. The molecular weight excluding hydrogens is 253 g/mol. The number of ether oxygens (including phenoxy) is 1. The summed E-state index contributed by atoms with van der Waals surface area (Å²) in [7, 11) is 0. The van der Waals surface area contributed by atoms with Gasteiger partial charge in [-0.05, 0) is 23.8 Å². The fourth-order valence-electron chi connectivity index (χ4n) is 1.56. The Balaban J connectivity index is 2.13. The molecule has 19 heavy (non-hydrogen) atoms. The van der Waals surface area contributed by atoms with Crippen molar-refractivity contribution in [2.75, 3.05) is 0 Å². The fraction of sp³-hybridized carbons (Fsp3) is 0.0769. The molecule has 0 aliphatic carbocycles. The zero-order valence-corrected chi connectivity index (χ0v) is 9.75. The van der Waals surface area contributed by atoms with Gasteiger partial charge in [0.1, 0.15) is 23.9 Å². The summed E-state index contributed by atoms with van der Waals surface area (Å²) in [5.74, 6) is -0.252. The smallest absolute Gasteiger partial charge is 0.272 e. The lowest BCUT2D eigenvalue weighted by molar-refractivity contribution is -0.385. The second-order valence-electron chi connectivity index (χ2n) is 3.86. The summed E-state index contributed by atoms with van der Waals surface area (Å²) in [5, 5.41) is 19.8. The number of nitro groups is 1. The summed E-state index contributed by atoms with van der Waals surface area (Å²) in [4.78, 5) is 9.92. The highest BCUT2D eigenvalue weighted by Crippen LogP contribution is 2.21. The minimum absolute atomic E-state index is 0.0257. The number of phenolic OH excluding ortho intramolecular Hbond substituents is 1. The van der Waals surface area contributed by atoms with Gasteiger partial charge in [-0.25, -0.2) is 4.39 Å². The first kappa shape index (κ1) is 12.8. The molecular formula is C13H10FNO4. The molecule has 0 radical (unpaired) electrons. The van der Waals surface area contributed by atoms with Crippen LogP contribution in [0, 0.1) is 15.9 Å². The number of aromatic hydroxyl groups is 1. The summed E-state index contributed by atoms with van der Waals surface area (Å²) in [5.41, 5.74) is 0.0181. The number of benzene rings is 2. The summed E-state index contributed by atoms with van der Waals surface area (Å²) >= 11 is 0. The van der Waals surface area contributed by atoms with Crippen LogP contribution in [0.4, 0.5) is 10.1 Å². The summed E-state index contributed by atoms with van der Waals surface area (Å²) < 4.78 is 18.5. The van der Waals surface area contributed by atoms with Crippen LogP contribution in [0.1, 0.15) is 5.56 Å². The Bertz CT molecular complexity index is 615. The first-order valence-electron chi connectivity index (χ1n) is 5.40. The summed E-state index contributed by atoms with van der Waals surface area (Å²) in [6.07, 6.45) is 0. The third kappa shape index (κ3) is 3.41. The number of halogens is 1. The van der Waals surface area contributed by atoms with E-state index in [1.807, 2.05) is 0 Å². The van der Waals surface area contributed by atoms with E-state index in [1.54, 1.807) is 12.1 Å². The van der Waals surface area contributed by atoms with Crippen LogP contribution in [0.5, 0.6) is 11.5 Å². The number of nitro benzene ring substituents is 1. The molecule has 5 nitrogen and oxygen atoms in total. The molecule has 0 saturated carbocycles. The van der Waals surface area contributed by atoms with Crippen molar-refractivity contribution in [1.29, 1.82) is 0 Å². The van der Waals surface area contributed by atoms with E-state index < -0.39 is 10.7 Å². The second kappa shape index (κ2) is 5.34. The Kier molecular flexibility index (Phi) is 3.61. The van der Waals surface area contributed by atoms with Crippen molar-refractivity contribution in [3.8, 4) is 11.5 Å². The van der Waals surface area contributed by atoms with E-state index in [9.17, 15) is 19.6 Å². The normalized spacial score (nSPS) is 10.2. The number of phenols is 1. The Morgan fingerprint density at radius 1 is 1.26 bits per heavy atom. The zero-order valence-electron chi connectivity index (χ0n) is 9.75. The lowest BCUT2D eigenvalue weighted by Gasteiger charge is -2.06. The van der Waals surface area contributed by atoms with Crippen LogP contribution in [-0.2, 0) is 6.61 Å². The van der Waals surface area contributed by atoms with Crippen LogP contribution in [-0.4, -0.2) is 10.0 Å². The van der Waals surface area contributed by atoms with E-state index in [-0.39, 0.29) is 18.0 Å². The first-order valence-corrected chi connectivity index (χ1v) is 5.40. The van der Waals surface area contributed by atoms with Crippen molar-refractivity contribution < 1.29 is 19.2 Å². The number of hydrogen-bond donors (Lipinski definition) is 1. The predicted molar refractivity (Wildman–Crippen MR) is 65.5 cm³/mol. The van der Waals surface area contributed by atoms with Crippen molar-refractivity contribution in [3.63, 3.8) is 0 Å². The Morgan fingerprint density at radius 2 is 2.05 bits per heavy atom. The topological polar surface area (TPSA) is 72.6 Å². The third-order valence-electron chi connectivity index (χ3n) is 2.38. The van der Waals surface area contributed by atoms with E-state index in [4.69, 9.17) is 4.74 Å². The maximum atomic E-state index is 13.2. The zero-order chi connectivity index (χ0) is 13.8. The molecule has 0 unspecified atom stereocenters. The van der Waals surface area contributed by atoms with Gasteiger partial charge in [0.25, 0.3) is 5.69 Å². The van der Waals surface area contributed by atoms with E-state index in [0.29, 0.717) is 11.3 Å². The standard InChI is InChI=1S/C13H10FNO4/c14-10-4-9(5-11(6-10)15(17)18)8-19-13-3-1-2-12(16)7-13/h1-7,16H,8H2. The summed E-state index contributed by atoms with van der Waals surface area (Å²) in [6.45, 7) is -0.0257. The minimum atomic E-state index is -0.691. The van der Waals surface area contributed by atoms with Crippen LogP contribution >= 0.6 is 0 Å². The highest BCUT2D eigenvalue weighted by Gasteiger charge is 2.10. The van der Waals surface area contributed by atoms with Gasteiger partial charge in [0.05, 0.1) is 11.0 Å². The van der Waals surface area contributed by atoms with Crippen LogP contribution in [0.25, 0.3) is 0 Å². The van der Waals surface area contributed by atoms with E-state index in [1.165, 1.54) is 18.2 Å². The number of hydrogen-bond acceptors (Lipinski definition) is 4. The lowest BCUT2D eigenvalue weighted by Crippen LogP contribution is -1.98. The Labute approximate surface area is 108 Å². The number of non-ortho nitro benzene ring substituents is 1. The van der Waals surface area contributed by atoms with Crippen LogP contribution in [0.15, 0.2) is 42.5 Å². The van der Waals surface area contributed by atoms with Crippen molar-refractivity contribution in [2.24, 2.45) is 0 Å². The fourth-order valence-corrected chi connectivity index (χ4v) is 1.56. The van der Waals surface area contributed by atoms with Crippen LogP contribution in [0.2, 0.25) is 0 Å². The van der Waals surface area contributed by atoms with E-state index >= 15 is 0 Å². The molecule has 98 valence electrons. The molecule has 6 heteroatoms. The maximum absolute atomic E-state index is 13.2. The highest BCUT2D eigenvalue weighted by molar-refractivity contribution is 5.36. The lowest BCUT2D eigenvalue weighted by atomic mass is 10.2. The molecule has 2 rings (SSSR count). The van der Waals surface area contributed by atoms with Gasteiger partial charge in [-0.2, -0.15) is 0 Å². The average molecular weight is 263 g/mol. The molecule has 2 aromatic carbocycles. The molecule has 1 N–H and O–H groups in total. The molecule has 0 spiro atoms. The Morgan fingerprint density at radius 3 is 2.74 bits per heavy atom. The van der Waals surface area contributed by atoms with Gasteiger partial charge >= 0.3 is 0 Å². The Hall–Kier alpha value is -2.63. The number of rotatable bonds is 4. The van der Waals surface area contributed by atoms with Crippen molar-refractivity contribution in [1.82, 2.24) is 0 Å². The van der Waals surface area contributed by atoms with Crippen LogP contribution < -0.4 is 4.74 Å². The van der Waals surface area contributed by atoms with Crippen molar-refractivity contribution in [3.05, 3.63) is 64.0 Å².